The van der Waals surface area contributed by atoms with Crippen molar-refractivity contribution in [3.05, 3.63) is 29.0 Å². The summed E-state index contributed by atoms with van der Waals surface area (Å²) in [5.74, 6) is 2.41. The van der Waals surface area contributed by atoms with Gasteiger partial charge in [-0.15, -0.1) is 0 Å². The van der Waals surface area contributed by atoms with Crippen molar-refractivity contribution in [1.82, 2.24) is 9.97 Å². The minimum atomic E-state index is -0.0255. The topological polar surface area (TPSA) is 73.3 Å². The number of rotatable bonds is 8. The molecule has 1 N–H and O–H groups in total. The van der Waals surface area contributed by atoms with Crippen LogP contribution in [0.25, 0.3) is 11.4 Å². The Hall–Kier alpha value is -2.63. The predicted octanol–water partition coefficient (Wildman–Crippen LogP) is 4.60. The zero-order valence-electron chi connectivity index (χ0n) is 17.4. The summed E-state index contributed by atoms with van der Waals surface area (Å²) in [6.07, 6.45) is 5.17. The molecular weight excluding hydrogens is 354 g/mol. The van der Waals surface area contributed by atoms with Gasteiger partial charge in [0.15, 0.2) is 5.82 Å². The number of aromatic nitrogens is 2. The van der Waals surface area contributed by atoms with Gasteiger partial charge in [0.1, 0.15) is 11.4 Å². The van der Waals surface area contributed by atoms with Crippen LogP contribution in [0.15, 0.2) is 12.1 Å². The van der Waals surface area contributed by atoms with E-state index in [0.29, 0.717) is 29.5 Å². The summed E-state index contributed by atoms with van der Waals surface area (Å²) in [7, 11) is 3.19. The van der Waals surface area contributed by atoms with Crippen LogP contribution in [0, 0.1) is 26.7 Å². The Morgan fingerprint density at radius 1 is 1.14 bits per heavy atom. The minimum absolute atomic E-state index is 0.0255. The van der Waals surface area contributed by atoms with Crippen LogP contribution < -0.4 is 14.8 Å². The number of nitrogens with zero attached hydrogens (tertiary/aromatic N) is 2. The molecule has 0 saturated heterocycles. The number of carbonyl (C=O) groups is 1. The highest BCUT2D eigenvalue weighted by atomic mass is 16.5. The fraction of sp³-hybridized carbons (Fsp3) is 0.500. The summed E-state index contributed by atoms with van der Waals surface area (Å²) in [6, 6.07) is 4.03. The second-order valence-electron chi connectivity index (χ2n) is 7.56. The number of nitrogens with one attached hydrogen (secondary N) is 1. The van der Waals surface area contributed by atoms with E-state index in [9.17, 15) is 4.79 Å². The van der Waals surface area contributed by atoms with Crippen molar-refractivity contribution in [3.8, 4) is 23.0 Å². The molecule has 1 saturated carbocycles. The minimum Gasteiger partial charge on any atom is -0.496 e. The van der Waals surface area contributed by atoms with E-state index in [1.54, 1.807) is 14.2 Å². The van der Waals surface area contributed by atoms with Gasteiger partial charge in [-0.25, -0.2) is 4.98 Å². The number of carbonyl (C=O) groups excluding carboxylic acids is 1. The first-order valence-corrected chi connectivity index (χ1v) is 9.81. The third-order valence-corrected chi connectivity index (χ3v) is 5.11. The highest BCUT2D eigenvalue weighted by Gasteiger charge is 2.22. The summed E-state index contributed by atoms with van der Waals surface area (Å²) < 4.78 is 11.0. The van der Waals surface area contributed by atoms with Crippen molar-refractivity contribution in [3.63, 3.8) is 0 Å². The molecular formula is C22H29N3O3. The summed E-state index contributed by atoms with van der Waals surface area (Å²) in [5.41, 5.74) is 4.16. The highest BCUT2D eigenvalue weighted by molar-refractivity contribution is 5.92. The van der Waals surface area contributed by atoms with Gasteiger partial charge in [0.05, 0.1) is 25.5 Å². The van der Waals surface area contributed by atoms with Crippen LogP contribution in [-0.4, -0.2) is 30.1 Å². The normalized spacial score (nSPS) is 13.3. The summed E-state index contributed by atoms with van der Waals surface area (Å²) in [4.78, 5) is 21.5. The maximum atomic E-state index is 12.3. The van der Waals surface area contributed by atoms with Crippen molar-refractivity contribution < 1.29 is 14.3 Å². The average molecular weight is 383 g/mol. The first-order chi connectivity index (χ1) is 13.4. The maximum absolute atomic E-state index is 12.3. The van der Waals surface area contributed by atoms with Crippen molar-refractivity contribution in [2.45, 2.75) is 52.9 Å². The summed E-state index contributed by atoms with van der Waals surface area (Å²) >= 11 is 0. The van der Waals surface area contributed by atoms with E-state index in [1.807, 2.05) is 26.8 Å². The molecule has 0 unspecified atom stereocenters. The molecule has 1 aliphatic carbocycles. The van der Waals surface area contributed by atoms with Crippen molar-refractivity contribution in [2.75, 3.05) is 19.5 Å². The van der Waals surface area contributed by atoms with E-state index in [0.717, 1.165) is 41.2 Å². The van der Waals surface area contributed by atoms with Crippen molar-refractivity contribution in [2.24, 2.45) is 5.92 Å². The lowest BCUT2D eigenvalue weighted by Crippen LogP contribution is -2.15. The quantitative estimate of drug-likeness (QED) is 0.721. The summed E-state index contributed by atoms with van der Waals surface area (Å²) in [5, 5.41) is 2.93. The Morgan fingerprint density at radius 3 is 2.54 bits per heavy atom. The van der Waals surface area contributed by atoms with Gasteiger partial charge in [-0.2, -0.15) is 4.98 Å². The number of hydrogen-bond donors (Lipinski definition) is 1. The second kappa shape index (κ2) is 8.59. The molecule has 150 valence electrons. The molecule has 6 heteroatoms. The third-order valence-electron chi connectivity index (χ3n) is 5.11. The van der Waals surface area contributed by atoms with E-state index < -0.39 is 0 Å². The monoisotopic (exact) mass is 383 g/mol. The zero-order chi connectivity index (χ0) is 20.3. The van der Waals surface area contributed by atoms with Crippen molar-refractivity contribution >= 4 is 11.6 Å². The van der Waals surface area contributed by atoms with Crippen LogP contribution in [0.1, 0.15) is 48.9 Å². The van der Waals surface area contributed by atoms with Gasteiger partial charge in [0.25, 0.3) is 0 Å². The molecule has 28 heavy (non-hydrogen) atoms. The smallest absolute Gasteiger partial charge is 0.241 e. The molecule has 1 aromatic heterocycles. The molecule has 0 atom stereocenters. The lowest BCUT2D eigenvalue weighted by molar-refractivity contribution is -0.116. The van der Waals surface area contributed by atoms with Gasteiger partial charge in [-0.05, 0) is 56.7 Å². The van der Waals surface area contributed by atoms with E-state index in [-0.39, 0.29) is 5.91 Å². The molecule has 0 radical (unpaired) electrons. The third kappa shape index (κ3) is 4.61. The van der Waals surface area contributed by atoms with E-state index in [1.165, 1.54) is 12.8 Å². The first-order valence-electron chi connectivity index (χ1n) is 9.81. The molecule has 1 heterocycles. The van der Waals surface area contributed by atoms with Crippen LogP contribution in [0.4, 0.5) is 5.69 Å². The molecule has 1 aliphatic rings. The Kier molecular flexibility index (Phi) is 6.17. The van der Waals surface area contributed by atoms with Gasteiger partial charge in [0, 0.05) is 6.42 Å². The van der Waals surface area contributed by atoms with Gasteiger partial charge in [0.2, 0.25) is 11.8 Å². The molecule has 2 aromatic rings. The molecule has 0 aliphatic heterocycles. The second-order valence-corrected chi connectivity index (χ2v) is 7.56. The first kappa shape index (κ1) is 20.1. The molecule has 1 amide bonds. The molecule has 1 fully saturated rings. The van der Waals surface area contributed by atoms with E-state index >= 15 is 0 Å². The van der Waals surface area contributed by atoms with Gasteiger partial charge in [-0.3, -0.25) is 4.79 Å². The molecule has 6 nitrogen and oxygen atoms in total. The van der Waals surface area contributed by atoms with Crippen LogP contribution in [0.5, 0.6) is 11.6 Å². The van der Waals surface area contributed by atoms with Gasteiger partial charge in [-0.1, -0.05) is 18.9 Å². The Bertz CT molecular complexity index is 876. The fourth-order valence-corrected chi connectivity index (χ4v) is 3.49. The molecule has 1 aromatic carbocycles. The number of hydrogen-bond acceptors (Lipinski definition) is 5. The Labute approximate surface area is 166 Å². The van der Waals surface area contributed by atoms with Gasteiger partial charge < -0.3 is 14.8 Å². The molecule has 0 spiro atoms. The number of amides is 1. The lowest BCUT2D eigenvalue weighted by atomic mass is 10.0. The molecule has 0 bridgehead atoms. The number of benzene rings is 1. The highest BCUT2D eigenvalue weighted by Crippen LogP contribution is 2.36. The standard InChI is InChI=1S/C22H29N3O3/c1-13-11-14(2)19(17(12-13)27-4)21-23-15(3)20(22(25-21)28-5)24-18(26)8-6-7-16-9-10-16/h11-12,16H,6-10H2,1-5H3,(H,24,26). The SMILES string of the molecule is COc1cc(C)cc(C)c1-c1nc(C)c(NC(=O)CCCC2CC2)c(OC)n1. The van der Waals surface area contributed by atoms with Crippen LogP contribution in [0.2, 0.25) is 0 Å². The largest absolute Gasteiger partial charge is 0.496 e. The van der Waals surface area contributed by atoms with Crippen LogP contribution in [0.3, 0.4) is 0 Å². The predicted molar refractivity (Wildman–Crippen MR) is 110 cm³/mol. The maximum Gasteiger partial charge on any atom is 0.241 e. The van der Waals surface area contributed by atoms with Gasteiger partial charge >= 0.3 is 0 Å². The molecule has 3 rings (SSSR count). The number of anilines is 1. The number of methoxy groups -OCH3 is 2. The van der Waals surface area contributed by atoms with Crippen molar-refractivity contribution in [1.29, 1.82) is 0 Å². The Morgan fingerprint density at radius 2 is 1.89 bits per heavy atom. The fourth-order valence-electron chi connectivity index (χ4n) is 3.49. The lowest BCUT2D eigenvalue weighted by Gasteiger charge is -2.16. The van der Waals surface area contributed by atoms with Crippen LogP contribution >= 0.6 is 0 Å². The zero-order valence-corrected chi connectivity index (χ0v) is 17.4. The summed E-state index contributed by atoms with van der Waals surface area (Å²) in [6.45, 7) is 5.88. The average Bonchev–Trinajstić information content (AvgIpc) is 3.46. The number of ether oxygens (including phenoxy) is 2. The number of aryl methyl sites for hydroxylation is 3. The van der Waals surface area contributed by atoms with Crippen LogP contribution in [-0.2, 0) is 4.79 Å². The van der Waals surface area contributed by atoms with E-state index in [2.05, 4.69) is 21.4 Å². The van der Waals surface area contributed by atoms with E-state index in [4.69, 9.17) is 9.47 Å². The Balaban J connectivity index is 1.86.